The zero-order chi connectivity index (χ0) is 9.68. The van der Waals surface area contributed by atoms with Crippen LogP contribution in [0, 0.1) is 11.8 Å². The average molecular weight is 181 g/mol. The Bertz CT molecular complexity index is 204. The summed E-state index contributed by atoms with van der Waals surface area (Å²) in [5, 5.41) is 9.48. The third kappa shape index (κ3) is 3.38. The van der Waals surface area contributed by atoms with Gasteiger partial charge in [-0.15, -0.1) is 11.8 Å². The SMILES string of the molecule is CC#CCCN1C[C@@H](O)CC[C@@H]1C. The maximum absolute atomic E-state index is 9.48. The lowest BCUT2D eigenvalue weighted by atomic mass is 10.0. The third-order valence-corrected chi connectivity index (χ3v) is 2.69. The van der Waals surface area contributed by atoms with E-state index in [9.17, 15) is 5.11 Å². The lowest BCUT2D eigenvalue weighted by Crippen LogP contribution is -2.44. The summed E-state index contributed by atoms with van der Waals surface area (Å²) in [6, 6.07) is 0.613. The molecule has 0 bridgehead atoms. The lowest BCUT2D eigenvalue weighted by Gasteiger charge is -2.35. The van der Waals surface area contributed by atoms with E-state index in [4.69, 9.17) is 0 Å². The van der Waals surface area contributed by atoms with Crippen LogP contribution in [0.4, 0.5) is 0 Å². The highest BCUT2D eigenvalue weighted by Gasteiger charge is 2.22. The molecule has 0 amide bonds. The van der Waals surface area contributed by atoms with E-state index in [-0.39, 0.29) is 6.10 Å². The first-order valence-corrected chi connectivity index (χ1v) is 5.05. The molecule has 1 heterocycles. The van der Waals surface area contributed by atoms with Crippen molar-refractivity contribution in [2.24, 2.45) is 0 Å². The van der Waals surface area contributed by atoms with E-state index in [1.54, 1.807) is 0 Å². The number of aliphatic hydroxyl groups excluding tert-OH is 1. The zero-order valence-electron chi connectivity index (χ0n) is 8.58. The predicted octanol–water partition coefficient (Wildman–Crippen LogP) is 1.25. The third-order valence-electron chi connectivity index (χ3n) is 2.69. The summed E-state index contributed by atoms with van der Waals surface area (Å²) in [6.07, 6.45) is 2.87. The molecule has 2 atom stereocenters. The van der Waals surface area contributed by atoms with E-state index < -0.39 is 0 Å². The summed E-state index contributed by atoms with van der Waals surface area (Å²) < 4.78 is 0. The van der Waals surface area contributed by atoms with Crippen molar-refractivity contribution in [3.63, 3.8) is 0 Å². The molecule has 1 rings (SSSR count). The van der Waals surface area contributed by atoms with Crippen LogP contribution in [0.25, 0.3) is 0 Å². The van der Waals surface area contributed by atoms with E-state index in [0.29, 0.717) is 6.04 Å². The summed E-state index contributed by atoms with van der Waals surface area (Å²) >= 11 is 0. The molecular formula is C11H19NO. The number of nitrogens with zero attached hydrogens (tertiary/aromatic N) is 1. The van der Waals surface area contributed by atoms with Crippen molar-refractivity contribution in [2.45, 2.75) is 45.3 Å². The maximum atomic E-state index is 9.48. The van der Waals surface area contributed by atoms with Gasteiger partial charge in [0.1, 0.15) is 0 Å². The molecular weight excluding hydrogens is 162 g/mol. The lowest BCUT2D eigenvalue weighted by molar-refractivity contribution is 0.0425. The highest BCUT2D eigenvalue weighted by atomic mass is 16.3. The minimum Gasteiger partial charge on any atom is -0.392 e. The number of piperidine rings is 1. The summed E-state index contributed by atoms with van der Waals surface area (Å²) in [7, 11) is 0. The van der Waals surface area contributed by atoms with Crippen LogP contribution < -0.4 is 0 Å². The Labute approximate surface area is 80.9 Å². The van der Waals surface area contributed by atoms with Gasteiger partial charge in [-0.3, -0.25) is 4.90 Å². The monoisotopic (exact) mass is 181 g/mol. The molecule has 0 aromatic heterocycles. The first-order valence-electron chi connectivity index (χ1n) is 5.05. The van der Waals surface area contributed by atoms with Crippen molar-refractivity contribution in [3.05, 3.63) is 0 Å². The number of aliphatic hydroxyl groups is 1. The van der Waals surface area contributed by atoms with Gasteiger partial charge in [0.2, 0.25) is 0 Å². The number of β-amino-alcohol motifs (C(OH)–C–C–N with tert-alkyl or cyclic N) is 1. The molecule has 13 heavy (non-hydrogen) atoms. The van der Waals surface area contributed by atoms with Crippen molar-refractivity contribution in [3.8, 4) is 11.8 Å². The fourth-order valence-corrected chi connectivity index (χ4v) is 1.79. The molecule has 1 aliphatic rings. The van der Waals surface area contributed by atoms with Crippen LogP contribution >= 0.6 is 0 Å². The molecule has 0 aliphatic carbocycles. The number of likely N-dealkylation sites (tertiary alicyclic amines) is 1. The normalized spacial score (nSPS) is 29.5. The molecule has 0 aromatic carbocycles. The first-order chi connectivity index (χ1) is 6.24. The van der Waals surface area contributed by atoms with Crippen LogP contribution in [0.2, 0.25) is 0 Å². The van der Waals surface area contributed by atoms with Crippen molar-refractivity contribution < 1.29 is 5.11 Å². The van der Waals surface area contributed by atoms with Gasteiger partial charge in [-0.1, -0.05) is 0 Å². The Morgan fingerprint density at radius 3 is 2.92 bits per heavy atom. The number of hydrogen-bond donors (Lipinski definition) is 1. The van der Waals surface area contributed by atoms with Crippen molar-refractivity contribution in [2.75, 3.05) is 13.1 Å². The minimum absolute atomic E-state index is 0.120. The highest BCUT2D eigenvalue weighted by Crippen LogP contribution is 2.16. The van der Waals surface area contributed by atoms with Gasteiger partial charge in [0.05, 0.1) is 6.10 Å². The van der Waals surface area contributed by atoms with E-state index in [2.05, 4.69) is 23.7 Å². The van der Waals surface area contributed by atoms with E-state index in [1.165, 1.54) is 0 Å². The standard InChI is InChI=1S/C11H19NO/c1-3-4-5-8-12-9-11(13)7-6-10(12)2/h10-11,13H,5-9H2,1-2H3/t10-,11-/m0/s1. The van der Waals surface area contributed by atoms with Crippen molar-refractivity contribution >= 4 is 0 Å². The Morgan fingerprint density at radius 1 is 1.46 bits per heavy atom. The van der Waals surface area contributed by atoms with Gasteiger partial charge in [-0.25, -0.2) is 0 Å². The van der Waals surface area contributed by atoms with Crippen LogP contribution in [0.3, 0.4) is 0 Å². The van der Waals surface area contributed by atoms with Crippen LogP contribution in [-0.2, 0) is 0 Å². The van der Waals surface area contributed by atoms with Gasteiger partial charge in [0, 0.05) is 25.6 Å². The van der Waals surface area contributed by atoms with Crippen molar-refractivity contribution in [1.82, 2.24) is 4.90 Å². The van der Waals surface area contributed by atoms with Gasteiger partial charge in [-0.2, -0.15) is 0 Å². The largest absolute Gasteiger partial charge is 0.392 e. The summed E-state index contributed by atoms with van der Waals surface area (Å²) in [4.78, 5) is 2.33. The molecule has 1 N–H and O–H groups in total. The molecule has 1 aliphatic heterocycles. The smallest absolute Gasteiger partial charge is 0.0667 e. The number of hydrogen-bond acceptors (Lipinski definition) is 2. The Hall–Kier alpha value is -0.520. The van der Waals surface area contributed by atoms with Crippen LogP contribution in [0.1, 0.15) is 33.1 Å². The summed E-state index contributed by atoms with van der Waals surface area (Å²) in [5.74, 6) is 5.95. The molecule has 0 saturated carbocycles. The Balaban J connectivity index is 2.31. The molecule has 0 radical (unpaired) electrons. The van der Waals surface area contributed by atoms with Gasteiger partial charge in [0.25, 0.3) is 0 Å². The topological polar surface area (TPSA) is 23.5 Å². The minimum atomic E-state index is -0.120. The van der Waals surface area contributed by atoms with Gasteiger partial charge in [0.15, 0.2) is 0 Å². The second-order valence-electron chi connectivity index (χ2n) is 3.75. The molecule has 2 heteroatoms. The predicted molar refractivity (Wildman–Crippen MR) is 54.3 cm³/mol. The molecule has 1 saturated heterocycles. The second kappa shape index (κ2) is 5.26. The number of rotatable bonds is 2. The molecule has 1 fully saturated rings. The zero-order valence-corrected chi connectivity index (χ0v) is 8.58. The van der Waals surface area contributed by atoms with Gasteiger partial charge < -0.3 is 5.11 Å². The first kappa shape index (κ1) is 10.6. The second-order valence-corrected chi connectivity index (χ2v) is 3.75. The summed E-state index contributed by atoms with van der Waals surface area (Å²) in [6.45, 7) is 5.92. The quantitative estimate of drug-likeness (QED) is 0.648. The van der Waals surface area contributed by atoms with Crippen molar-refractivity contribution in [1.29, 1.82) is 0 Å². The van der Waals surface area contributed by atoms with Crippen LogP contribution in [0.15, 0.2) is 0 Å². The molecule has 0 spiro atoms. The van der Waals surface area contributed by atoms with E-state index in [1.807, 2.05) is 6.92 Å². The van der Waals surface area contributed by atoms with Crippen LogP contribution in [0.5, 0.6) is 0 Å². The average Bonchev–Trinajstić information content (AvgIpc) is 2.11. The molecule has 74 valence electrons. The fraction of sp³-hybridized carbons (Fsp3) is 0.818. The van der Waals surface area contributed by atoms with Gasteiger partial charge >= 0.3 is 0 Å². The fourth-order valence-electron chi connectivity index (χ4n) is 1.79. The highest BCUT2D eigenvalue weighted by molar-refractivity contribution is 4.96. The Kier molecular flexibility index (Phi) is 4.27. The van der Waals surface area contributed by atoms with Crippen LogP contribution in [-0.4, -0.2) is 35.2 Å². The van der Waals surface area contributed by atoms with Gasteiger partial charge in [-0.05, 0) is 26.7 Å². The molecule has 0 unspecified atom stereocenters. The van der Waals surface area contributed by atoms with E-state index in [0.717, 1.165) is 32.4 Å². The Morgan fingerprint density at radius 2 is 2.23 bits per heavy atom. The maximum Gasteiger partial charge on any atom is 0.0667 e. The molecule has 0 aromatic rings. The van der Waals surface area contributed by atoms with E-state index >= 15 is 0 Å². The summed E-state index contributed by atoms with van der Waals surface area (Å²) in [5.41, 5.74) is 0. The molecule has 2 nitrogen and oxygen atoms in total.